The zero-order valence-corrected chi connectivity index (χ0v) is 12.6. The van der Waals surface area contributed by atoms with E-state index in [0.29, 0.717) is 6.42 Å². The fraction of sp³-hybridized carbons (Fsp3) is 0.250. The molecule has 1 atom stereocenters. The van der Waals surface area contributed by atoms with Crippen LogP contribution in [0.5, 0.6) is 5.75 Å². The molecule has 0 spiro atoms. The van der Waals surface area contributed by atoms with E-state index in [2.05, 4.69) is 15.9 Å². The molecule has 0 amide bonds. The third-order valence-corrected chi connectivity index (χ3v) is 3.65. The highest BCUT2D eigenvalue weighted by molar-refractivity contribution is 9.10. The third kappa shape index (κ3) is 3.58. The second kappa shape index (κ2) is 6.22. The molecule has 1 unspecified atom stereocenters. The van der Waals surface area contributed by atoms with E-state index < -0.39 is 6.10 Å². The normalized spacial score (nSPS) is 12.2. The average Bonchev–Trinajstić information content (AvgIpc) is 2.38. The number of aryl methyl sites for hydroxylation is 1. The number of benzene rings is 2. The number of hydrogen-bond donors (Lipinski definition) is 1. The molecule has 0 saturated heterocycles. The van der Waals surface area contributed by atoms with Gasteiger partial charge >= 0.3 is 0 Å². The number of rotatable bonds is 4. The van der Waals surface area contributed by atoms with Crippen LogP contribution in [0.2, 0.25) is 0 Å². The standard InChI is InChI=1S/C16H17BrO2/c1-11-8-14(19-2)6-7-15(11)16(18)10-12-4-3-5-13(17)9-12/h3-9,16,18H,10H2,1-2H3. The molecule has 0 bridgehead atoms. The molecule has 0 saturated carbocycles. The predicted molar refractivity (Wildman–Crippen MR) is 80.5 cm³/mol. The molecule has 100 valence electrons. The monoisotopic (exact) mass is 320 g/mol. The zero-order chi connectivity index (χ0) is 13.8. The topological polar surface area (TPSA) is 29.5 Å². The second-order valence-corrected chi connectivity index (χ2v) is 5.49. The van der Waals surface area contributed by atoms with Crippen LogP contribution in [0.1, 0.15) is 22.8 Å². The van der Waals surface area contributed by atoms with Crippen LogP contribution in [0.25, 0.3) is 0 Å². The summed E-state index contributed by atoms with van der Waals surface area (Å²) in [6.45, 7) is 1.99. The molecule has 2 rings (SSSR count). The molecule has 0 fully saturated rings. The fourth-order valence-electron chi connectivity index (χ4n) is 2.15. The van der Waals surface area contributed by atoms with Gasteiger partial charge in [-0.1, -0.05) is 34.1 Å². The smallest absolute Gasteiger partial charge is 0.119 e. The highest BCUT2D eigenvalue weighted by Gasteiger charge is 2.12. The lowest BCUT2D eigenvalue weighted by Gasteiger charge is -2.15. The van der Waals surface area contributed by atoms with Crippen LogP contribution in [0, 0.1) is 6.92 Å². The second-order valence-electron chi connectivity index (χ2n) is 4.57. The fourth-order valence-corrected chi connectivity index (χ4v) is 2.59. The van der Waals surface area contributed by atoms with Gasteiger partial charge in [-0.05, 0) is 47.9 Å². The minimum atomic E-state index is -0.500. The van der Waals surface area contributed by atoms with Gasteiger partial charge in [0.25, 0.3) is 0 Å². The van der Waals surface area contributed by atoms with E-state index >= 15 is 0 Å². The molecule has 0 aliphatic carbocycles. The maximum atomic E-state index is 10.4. The summed E-state index contributed by atoms with van der Waals surface area (Å²) in [5.74, 6) is 0.816. The Bertz CT molecular complexity index is 566. The zero-order valence-electron chi connectivity index (χ0n) is 11.1. The van der Waals surface area contributed by atoms with Gasteiger partial charge in [0, 0.05) is 10.9 Å². The van der Waals surface area contributed by atoms with Crippen molar-refractivity contribution < 1.29 is 9.84 Å². The molecule has 0 aliphatic rings. The van der Waals surface area contributed by atoms with Gasteiger partial charge in [-0.3, -0.25) is 0 Å². The number of ether oxygens (including phenoxy) is 1. The van der Waals surface area contributed by atoms with Crippen molar-refractivity contribution >= 4 is 15.9 Å². The lowest BCUT2D eigenvalue weighted by Crippen LogP contribution is -2.04. The van der Waals surface area contributed by atoms with Crippen LogP contribution >= 0.6 is 15.9 Å². The first-order valence-electron chi connectivity index (χ1n) is 6.17. The predicted octanol–water partition coefficient (Wildman–Crippen LogP) is 4.04. The van der Waals surface area contributed by atoms with Crippen LogP contribution in [0.15, 0.2) is 46.9 Å². The Labute approximate surface area is 122 Å². The lowest BCUT2D eigenvalue weighted by molar-refractivity contribution is 0.177. The van der Waals surface area contributed by atoms with Crippen molar-refractivity contribution in [1.82, 2.24) is 0 Å². The number of halogens is 1. The van der Waals surface area contributed by atoms with Crippen LogP contribution < -0.4 is 4.74 Å². The first kappa shape index (κ1) is 14.1. The first-order valence-corrected chi connectivity index (χ1v) is 6.96. The highest BCUT2D eigenvalue weighted by Crippen LogP contribution is 2.25. The van der Waals surface area contributed by atoms with E-state index in [1.807, 2.05) is 49.4 Å². The Hall–Kier alpha value is -1.32. The lowest BCUT2D eigenvalue weighted by atomic mass is 9.97. The average molecular weight is 321 g/mol. The van der Waals surface area contributed by atoms with Crippen molar-refractivity contribution in [3.05, 3.63) is 63.6 Å². The maximum absolute atomic E-state index is 10.4. The third-order valence-electron chi connectivity index (χ3n) is 3.15. The van der Waals surface area contributed by atoms with Gasteiger partial charge in [-0.25, -0.2) is 0 Å². The summed E-state index contributed by atoms with van der Waals surface area (Å²) in [5.41, 5.74) is 3.10. The summed E-state index contributed by atoms with van der Waals surface area (Å²) in [7, 11) is 1.65. The van der Waals surface area contributed by atoms with Gasteiger partial charge in [0.05, 0.1) is 13.2 Å². The van der Waals surface area contributed by atoms with Crippen molar-refractivity contribution in [2.24, 2.45) is 0 Å². The summed E-state index contributed by atoms with van der Waals surface area (Å²) in [6, 6.07) is 13.8. The Morgan fingerprint density at radius 2 is 2.00 bits per heavy atom. The molecule has 2 aromatic carbocycles. The largest absolute Gasteiger partial charge is 0.497 e. The quantitative estimate of drug-likeness (QED) is 0.921. The van der Waals surface area contributed by atoms with Gasteiger partial charge in [0.15, 0.2) is 0 Å². The van der Waals surface area contributed by atoms with E-state index in [1.165, 1.54) is 0 Å². The minimum Gasteiger partial charge on any atom is -0.497 e. The van der Waals surface area contributed by atoms with Gasteiger partial charge in [0.2, 0.25) is 0 Å². The first-order chi connectivity index (χ1) is 9.10. The van der Waals surface area contributed by atoms with E-state index in [9.17, 15) is 5.11 Å². The van der Waals surface area contributed by atoms with E-state index in [4.69, 9.17) is 4.74 Å². The van der Waals surface area contributed by atoms with Gasteiger partial charge in [-0.15, -0.1) is 0 Å². The Balaban J connectivity index is 2.18. The van der Waals surface area contributed by atoms with Crippen molar-refractivity contribution in [3.8, 4) is 5.75 Å². The molecule has 0 radical (unpaired) electrons. The Kier molecular flexibility index (Phi) is 4.61. The molecule has 3 heteroatoms. The summed E-state index contributed by atoms with van der Waals surface area (Å²) in [6.07, 6.45) is 0.104. The Morgan fingerprint density at radius 3 is 2.63 bits per heavy atom. The van der Waals surface area contributed by atoms with Crippen LogP contribution in [-0.2, 0) is 6.42 Å². The molecule has 0 heterocycles. The number of methoxy groups -OCH3 is 1. The van der Waals surface area contributed by atoms with Crippen LogP contribution in [-0.4, -0.2) is 12.2 Å². The summed E-state index contributed by atoms with van der Waals surface area (Å²) >= 11 is 3.44. The number of aliphatic hydroxyl groups excluding tert-OH is 1. The van der Waals surface area contributed by atoms with E-state index in [0.717, 1.165) is 26.9 Å². The van der Waals surface area contributed by atoms with Gasteiger partial charge < -0.3 is 9.84 Å². The molecule has 0 aromatic heterocycles. The Morgan fingerprint density at radius 1 is 1.21 bits per heavy atom. The molecule has 19 heavy (non-hydrogen) atoms. The molecular weight excluding hydrogens is 304 g/mol. The van der Waals surface area contributed by atoms with Crippen LogP contribution in [0.4, 0.5) is 0 Å². The molecule has 2 nitrogen and oxygen atoms in total. The number of hydrogen-bond acceptors (Lipinski definition) is 2. The summed E-state index contributed by atoms with van der Waals surface area (Å²) in [5, 5.41) is 10.4. The summed E-state index contributed by atoms with van der Waals surface area (Å²) in [4.78, 5) is 0. The van der Waals surface area contributed by atoms with Crippen molar-refractivity contribution in [3.63, 3.8) is 0 Å². The van der Waals surface area contributed by atoms with Crippen molar-refractivity contribution in [2.75, 3.05) is 7.11 Å². The van der Waals surface area contributed by atoms with E-state index in [1.54, 1.807) is 7.11 Å². The van der Waals surface area contributed by atoms with Crippen LogP contribution in [0.3, 0.4) is 0 Å². The van der Waals surface area contributed by atoms with Crippen molar-refractivity contribution in [2.45, 2.75) is 19.4 Å². The minimum absolute atomic E-state index is 0.500. The molecule has 2 aromatic rings. The maximum Gasteiger partial charge on any atom is 0.119 e. The number of aliphatic hydroxyl groups is 1. The molecular formula is C16H17BrO2. The van der Waals surface area contributed by atoms with Crippen molar-refractivity contribution in [1.29, 1.82) is 0 Å². The SMILES string of the molecule is COc1ccc(C(O)Cc2cccc(Br)c2)c(C)c1. The summed E-state index contributed by atoms with van der Waals surface area (Å²) < 4.78 is 6.21. The highest BCUT2D eigenvalue weighted by atomic mass is 79.9. The molecule has 0 aliphatic heterocycles. The molecule has 1 N–H and O–H groups in total. The van der Waals surface area contributed by atoms with Gasteiger partial charge in [-0.2, -0.15) is 0 Å². The van der Waals surface area contributed by atoms with E-state index in [-0.39, 0.29) is 0 Å². The van der Waals surface area contributed by atoms with Gasteiger partial charge in [0.1, 0.15) is 5.75 Å².